The Kier molecular flexibility index (Phi) is 8.48. The summed E-state index contributed by atoms with van der Waals surface area (Å²) >= 11 is 0. The molecule has 0 saturated heterocycles. The summed E-state index contributed by atoms with van der Waals surface area (Å²) in [7, 11) is 0. The molecule has 2 aromatic carbocycles. The van der Waals surface area contributed by atoms with Gasteiger partial charge < -0.3 is 33.2 Å². The predicted octanol–water partition coefficient (Wildman–Crippen LogP) is -0.132. The fourth-order valence-corrected chi connectivity index (χ4v) is 3.88. The molecule has 0 aliphatic heterocycles. The number of hydrogen-bond acceptors (Lipinski definition) is 7. The van der Waals surface area contributed by atoms with Gasteiger partial charge >= 0.3 is 0 Å². The highest BCUT2D eigenvalue weighted by molar-refractivity contribution is 5.96. The molecule has 10 nitrogen and oxygen atoms in total. The standard InChI is InChI=1S/C25H31N7O3/c26-10-12-32(13-11-27)21(33)15-25(29,19-14-18-8-4-5-9-20(18)30-16-19)24(35)31-22(23(28)34)17-6-2-1-3-7-17/h1-9,14,16,22H,10-13,15,26-27,29H2,(H2,28,34)(H,31,35)/t22?,25-/m0/s1. The number of nitrogens with two attached hydrogens (primary N) is 4. The Bertz CT molecular complexity index is 1180. The third kappa shape index (κ3) is 5.99. The third-order valence-corrected chi connectivity index (χ3v) is 5.78. The maximum atomic E-state index is 13.7. The van der Waals surface area contributed by atoms with Crippen LogP contribution in [0, 0.1) is 0 Å². The number of carbonyl (C=O) groups is 3. The lowest BCUT2D eigenvalue weighted by Crippen LogP contribution is -2.56. The van der Waals surface area contributed by atoms with Gasteiger partial charge in [0, 0.05) is 43.3 Å². The molecule has 1 unspecified atom stereocenters. The van der Waals surface area contributed by atoms with Crippen LogP contribution in [-0.4, -0.2) is 53.8 Å². The Morgan fingerprint density at radius 2 is 1.60 bits per heavy atom. The second-order valence-electron chi connectivity index (χ2n) is 8.24. The maximum absolute atomic E-state index is 13.7. The SMILES string of the molecule is NCCN(CCN)C(=O)C[C@@](N)(C(=O)NC(C(N)=O)c1ccccc1)c1cnc2ccccc2c1. The number of benzene rings is 2. The van der Waals surface area contributed by atoms with E-state index in [-0.39, 0.29) is 32.6 Å². The largest absolute Gasteiger partial charge is 0.368 e. The van der Waals surface area contributed by atoms with Gasteiger partial charge in [0.05, 0.1) is 11.9 Å². The van der Waals surface area contributed by atoms with Gasteiger partial charge in [-0.25, -0.2) is 0 Å². The van der Waals surface area contributed by atoms with Crippen molar-refractivity contribution in [2.75, 3.05) is 26.2 Å². The number of pyridine rings is 1. The molecular formula is C25H31N7O3. The van der Waals surface area contributed by atoms with Gasteiger partial charge in [-0.1, -0.05) is 48.5 Å². The first-order chi connectivity index (χ1) is 16.8. The Morgan fingerprint density at radius 1 is 0.971 bits per heavy atom. The van der Waals surface area contributed by atoms with Crippen LogP contribution in [0.15, 0.2) is 66.9 Å². The number of carbonyl (C=O) groups excluding carboxylic acids is 3. The molecule has 2 atom stereocenters. The molecule has 0 bridgehead atoms. The summed E-state index contributed by atoms with van der Waals surface area (Å²) in [5, 5.41) is 3.39. The van der Waals surface area contributed by atoms with Gasteiger partial charge in [-0.15, -0.1) is 0 Å². The predicted molar refractivity (Wildman–Crippen MR) is 133 cm³/mol. The van der Waals surface area contributed by atoms with E-state index in [2.05, 4.69) is 10.3 Å². The number of aromatic nitrogens is 1. The van der Waals surface area contributed by atoms with Crippen LogP contribution in [0.4, 0.5) is 0 Å². The zero-order valence-corrected chi connectivity index (χ0v) is 19.4. The number of para-hydroxylation sites is 1. The minimum Gasteiger partial charge on any atom is -0.368 e. The van der Waals surface area contributed by atoms with E-state index in [9.17, 15) is 14.4 Å². The molecule has 0 fully saturated rings. The number of fused-ring (bicyclic) bond motifs is 1. The number of primary amides is 1. The molecule has 0 spiro atoms. The van der Waals surface area contributed by atoms with Crippen molar-refractivity contribution in [3.63, 3.8) is 0 Å². The average Bonchev–Trinajstić information content (AvgIpc) is 2.86. The number of hydrogen-bond donors (Lipinski definition) is 5. The zero-order chi connectivity index (χ0) is 25.4. The number of nitrogens with zero attached hydrogens (tertiary/aromatic N) is 2. The Balaban J connectivity index is 2.02. The van der Waals surface area contributed by atoms with Crippen molar-refractivity contribution in [1.29, 1.82) is 0 Å². The lowest BCUT2D eigenvalue weighted by Gasteiger charge is -2.32. The van der Waals surface area contributed by atoms with Gasteiger partial charge in [0.1, 0.15) is 11.6 Å². The first-order valence-corrected chi connectivity index (χ1v) is 11.3. The lowest BCUT2D eigenvalue weighted by molar-refractivity contribution is -0.138. The van der Waals surface area contributed by atoms with E-state index in [0.717, 1.165) is 5.39 Å². The molecule has 0 aliphatic carbocycles. The zero-order valence-electron chi connectivity index (χ0n) is 19.4. The number of rotatable bonds is 11. The van der Waals surface area contributed by atoms with E-state index in [1.54, 1.807) is 36.4 Å². The summed E-state index contributed by atoms with van der Waals surface area (Å²) in [6.45, 7) is 0.977. The first kappa shape index (κ1) is 25.8. The van der Waals surface area contributed by atoms with Crippen molar-refractivity contribution in [2.24, 2.45) is 22.9 Å². The Labute approximate surface area is 203 Å². The topological polar surface area (TPSA) is 183 Å². The molecule has 9 N–H and O–H groups in total. The molecule has 3 amide bonds. The Hall–Kier alpha value is -3.86. The van der Waals surface area contributed by atoms with Crippen LogP contribution in [0.3, 0.4) is 0 Å². The highest BCUT2D eigenvalue weighted by Crippen LogP contribution is 2.27. The maximum Gasteiger partial charge on any atom is 0.246 e. The van der Waals surface area contributed by atoms with Crippen LogP contribution in [0.5, 0.6) is 0 Å². The highest BCUT2D eigenvalue weighted by Gasteiger charge is 2.41. The highest BCUT2D eigenvalue weighted by atomic mass is 16.2. The van der Waals surface area contributed by atoms with E-state index in [4.69, 9.17) is 22.9 Å². The van der Waals surface area contributed by atoms with E-state index in [1.165, 1.54) is 11.1 Å². The van der Waals surface area contributed by atoms with Crippen LogP contribution in [0.25, 0.3) is 10.9 Å². The van der Waals surface area contributed by atoms with Crippen molar-refractivity contribution in [2.45, 2.75) is 18.0 Å². The van der Waals surface area contributed by atoms with Gasteiger partial charge in [-0.3, -0.25) is 19.4 Å². The van der Waals surface area contributed by atoms with Crippen molar-refractivity contribution in [3.8, 4) is 0 Å². The summed E-state index contributed by atoms with van der Waals surface area (Å²) in [5.74, 6) is -1.90. The summed E-state index contributed by atoms with van der Waals surface area (Å²) in [6, 6.07) is 16.5. The monoisotopic (exact) mass is 477 g/mol. The minimum absolute atomic E-state index is 0.227. The van der Waals surface area contributed by atoms with Gasteiger partial charge in [-0.2, -0.15) is 0 Å². The molecule has 3 aromatic rings. The summed E-state index contributed by atoms with van der Waals surface area (Å²) in [6.07, 6.45) is 1.08. The van der Waals surface area contributed by atoms with E-state index in [0.29, 0.717) is 16.6 Å². The van der Waals surface area contributed by atoms with Crippen LogP contribution in [0.2, 0.25) is 0 Å². The molecule has 10 heteroatoms. The van der Waals surface area contributed by atoms with Gasteiger partial charge in [-0.05, 0) is 17.7 Å². The van der Waals surface area contributed by atoms with E-state index < -0.39 is 29.3 Å². The third-order valence-electron chi connectivity index (χ3n) is 5.78. The van der Waals surface area contributed by atoms with Crippen molar-refractivity contribution >= 4 is 28.6 Å². The second-order valence-corrected chi connectivity index (χ2v) is 8.24. The molecule has 3 rings (SSSR count). The van der Waals surface area contributed by atoms with Crippen LogP contribution in [0.1, 0.15) is 23.6 Å². The quantitative estimate of drug-likeness (QED) is 0.255. The summed E-state index contributed by atoms with van der Waals surface area (Å²) in [4.78, 5) is 45.0. The minimum atomic E-state index is -1.85. The average molecular weight is 478 g/mol. The van der Waals surface area contributed by atoms with Gasteiger partial charge in [0.25, 0.3) is 0 Å². The summed E-state index contributed by atoms with van der Waals surface area (Å²) in [5.41, 5.74) is 23.3. The van der Waals surface area contributed by atoms with Crippen LogP contribution in [-0.2, 0) is 19.9 Å². The molecule has 35 heavy (non-hydrogen) atoms. The van der Waals surface area contributed by atoms with Crippen molar-refractivity contribution in [1.82, 2.24) is 15.2 Å². The molecular weight excluding hydrogens is 446 g/mol. The van der Waals surface area contributed by atoms with Crippen LogP contribution < -0.4 is 28.3 Å². The normalized spacial score (nSPS) is 13.6. The fourth-order valence-electron chi connectivity index (χ4n) is 3.88. The second kappa shape index (κ2) is 11.5. The smallest absolute Gasteiger partial charge is 0.246 e. The first-order valence-electron chi connectivity index (χ1n) is 11.3. The van der Waals surface area contributed by atoms with E-state index in [1.807, 2.05) is 24.3 Å². The molecule has 1 aromatic heterocycles. The molecule has 0 saturated carbocycles. The van der Waals surface area contributed by atoms with E-state index >= 15 is 0 Å². The fraction of sp³-hybridized carbons (Fsp3) is 0.280. The lowest BCUT2D eigenvalue weighted by atomic mass is 9.85. The van der Waals surface area contributed by atoms with Gasteiger partial charge in [0.15, 0.2) is 0 Å². The summed E-state index contributed by atoms with van der Waals surface area (Å²) < 4.78 is 0. The number of amides is 3. The Morgan fingerprint density at radius 3 is 2.23 bits per heavy atom. The molecule has 0 aliphatic rings. The van der Waals surface area contributed by atoms with Crippen molar-refractivity contribution in [3.05, 3.63) is 78.0 Å². The number of nitrogens with one attached hydrogen (secondary N) is 1. The molecule has 1 heterocycles. The molecule has 0 radical (unpaired) electrons. The molecule has 184 valence electrons. The van der Waals surface area contributed by atoms with Gasteiger partial charge in [0.2, 0.25) is 17.7 Å². The van der Waals surface area contributed by atoms with Crippen LogP contribution >= 0.6 is 0 Å². The van der Waals surface area contributed by atoms with Crippen molar-refractivity contribution < 1.29 is 14.4 Å².